The van der Waals surface area contributed by atoms with Gasteiger partial charge in [0.05, 0.1) is 21.5 Å². The first kappa shape index (κ1) is 36.5. The van der Waals surface area contributed by atoms with E-state index >= 15 is 0 Å². The molecule has 0 unspecified atom stereocenters. The van der Waals surface area contributed by atoms with Crippen LogP contribution in [0.4, 0.5) is 4.79 Å². The number of hydrogen-bond donors (Lipinski definition) is 3. The Kier molecular flexibility index (Phi) is 10.0. The maximum absolute atomic E-state index is 14.3. The molecule has 3 fully saturated rings. The van der Waals surface area contributed by atoms with Crippen molar-refractivity contribution >= 4 is 71.3 Å². The number of rotatable bonds is 6. The standard InChI is InChI=1S/C34H44BrN5O8S2/c1-32(2,3)48-30(44)36-24-11-9-7-5-6-8-10-20-18-34(20,29(43)39-50(45,46)33(4)14-15-33)38-27(41)25-17-22(19-40(25)28(24)42)47-31-37-23-13-12-21(35)16-26(23)49-31/h8,10,12-13,16,20,22,24-25H,5-7,9,11,14-15,17-19H2,1-4H3,(H,36,44)(H,38,41)(H,39,43)/b10-8-/t20-,22-,24+,25+,34-/m1/s1. The number of allylic oxidation sites excluding steroid dienone is 1. The van der Waals surface area contributed by atoms with Crippen molar-refractivity contribution in [1.82, 2.24) is 25.2 Å². The highest BCUT2D eigenvalue weighted by atomic mass is 79.9. The molecule has 0 bridgehead atoms. The molecule has 5 atom stereocenters. The Labute approximate surface area is 304 Å². The van der Waals surface area contributed by atoms with Crippen LogP contribution >= 0.6 is 27.3 Å². The average molecular weight is 795 g/mol. The van der Waals surface area contributed by atoms with Crippen LogP contribution in [-0.2, 0) is 29.1 Å². The van der Waals surface area contributed by atoms with Crippen molar-refractivity contribution in [3.63, 3.8) is 0 Å². The molecular formula is C34H44BrN5O8S2. The smallest absolute Gasteiger partial charge is 0.408 e. The minimum atomic E-state index is -3.97. The number of ether oxygens (including phenoxy) is 2. The summed E-state index contributed by atoms with van der Waals surface area (Å²) in [5, 5.41) is 5.99. The molecule has 3 N–H and O–H groups in total. The number of aromatic nitrogens is 1. The lowest BCUT2D eigenvalue weighted by Crippen LogP contribution is -2.58. The Morgan fingerprint density at radius 3 is 2.64 bits per heavy atom. The van der Waals surface area contributed by atoms with E-state index in [2.05, 4.69) is 36.3 Å². The number of nitrogens with one attached hydrogen (secondary N) is 3. The molecule has 16 heteroatoms. The van der Waals surface area contributed by atoms with Crippen molar-refractivity contribution in [1.29, 1.82) is 0 Å². The first-order valence-corrected chi connectivity index (χ1v) is 20.2. The fourth-order valence-corrected chi connectivity index (χ4v) is 9.21. The van der Waals surface area contributed by atoms with Gasteiger partial charge in [-0.3, -0.25) is 19.1 Å². The zero-order valence-electron chi connectivity index (χ0n) is 28.6. The SMILES string of the molecule is CC(C)(C)OC(=O)N[C@H]1CCCCC/C=C\[C@@H]2C[C@@]2(C(=O)NS(=O)(=O)C2(C)CC2)NC(=O)[C@@H]2C[C@@H](Oc3nc4ccc(Br)cc4s3)CN2C1=O. The molecule has 2 aliphatic carbocycles. The van der Waals surface area contributed by atoms with Gasteiger partial charge in [0.1, 0.15) is 29.3 Å². The average Bonchev–Trinajstić information content (AvgIpc) is 3.83. The monoisotopic (exact) mass is 793 g/mol. The van der Waals surface area contributed by atoms with Gasteiger partial charge in [0, 0.05) is 16.8 Å². The lowest BCUT2D eigenvalue weighted by atomic mass is 10.0. The van der Waals surface area contributed by atoms with Crippen molar-refractivity contribution in [3.8, 4) is 5.19 Å². The normalized spacial score (nSPS) is 29.0. The molecule has 0 spiro atoms. The van der Waals surface area contributed by atoms with Crippen LogP contribution in [0.25, 0.3) is 10.2 Å². The third kappa shape index (κ3) is 7.96. The first-order valence-electron chi connectivity index (χ1n) is 17.1. The second kappa shape index (κ2) is 13.7. The summed E-state index contributed by atoms with van der Waals surface area (Å²) in [7, 11) is -3.97. The largest absolute Gasteiger partial charge is 0.465 e. The fourth-order valence-electron chi connectivity index (χ4n) is 6.47. The Morgan fingerprint density at radius 2 is 1.92 bits per heavy atom. The Morgan fingerprint density at radius 1 is 1.16 bits per heavy atom. The maximum atomic E-state index is 14.3. The Bertz CT molecular complexity index is 1820. The number of carbonyl (C=O) groups is 4. The van der Waals surface area contributed by atoms with E-state index < -0.39 is 73.8 Å². The molecule has 2 aliphatic heterocycles. The predicted octanol–water partition coefficient (Wildman–Crippen LogP) is 4.69. The van der Waals surface area contributed by atoms with Crippen LogP contribution in [0, 0.1) is 5.92 Å². The van der Waals surface area contributed by atoms with Gasteiger partial charge in [0.25, 0.3) is 11.1 Å². The number of hydrogen-bond acceptors (Lipinski definition) is 10. The molecule has 3 heterocycles. The zero-order valence-corrected chi connectivity index (χ0v) is 31.8. The van der Waals surface area contributed by atoms with Crippen molar-refractivity contribution < 1.29 is 37.1 Å². The summed E-state index contributed by atoms with van der Waals surface area (Å²) in [5.74, 6) is -2.28. The van der Waals surface area contributed by atoms with E-state index in [1.54, 1.807) is 27.7 Å². The van der Waals surface area contributed by atoms with Gasteiger partial charge in [-0.15, -0.1) is 0 Å². The van der Waals surface area contributed by atoms with Gasteiger partial charge in [0.2, 0.25) is 21.8 Å². The molecule has 0 radical (unpaired) electrons. The first-order chi connectivity index (χ1) is 23.5. The summed E-state index contributed by atoms with van der Waals surface area (Å²) < 4.78 is 40.9. The molecule has 13 nitrogen and oxygen atoms in total. The van der Waals surface area contributed by atoms with E-state index in [0.717, 1.165) is 27.5 Å². The highest BCUT2D eigenvalue weighted by Crippen LogP contribution is 2.47. The third-order valence-corrected chi connectivity index (χ3v) is 13.3. The summed E-state index contributed by atoms with van der Waals surface area (Å²) in [6, 6.07) is 3.62. The van der Waals surface area contributed by atoms with Crippen LogP contribution in [0.1, 0.15) is 85.5 Å². The quantitative estimate of drug-likeness (QED) is 0.351. The molecule has 2 saturated carbocycles. The van der Waals surface area contributed by atoms with Crippen molar-refractivity contribution in [2.75, 3.05) is 6.54 Å². The summed E-state index contributed by atoms with van der Waals surface area (Å²) in [5.41, 5.74) is -1.54. The van der Waals surface area contributed by atoms with Crippen LogP contribution < -0.4 is 20.1 Å². The molecule has 4 aliphatic rings. The molecular weight excluding hydrogens is 750 g/mol. The predicted molar refractivity (Wildman–Crippen MR) is 191 cm³/mol. The number of benzene rings is 1. The highest BCUT2D eigenvalue weighted by Gasteiger charge is 2.63. The number of halogens is 1. The Balaban J connectivity index is 1.29. The number of amides is 4. The lowest BCUT2D eigenvalue weighted by Gasteiger charge is -2.30. The van der Waals surface area contributed by atoms with Crippen LogP contribution in [0.15, 0.2) is 34.8 Å². The van der Waals surface area contributed by atoms with Crippen LogP contribution in [0.5, 0.6) is 5.19 Å². The Hall–Kier alpha value is -3.24. The number of nitrogens with zero attached hydrogens (tertiary/aromatic N) is 2. The number of fused-ring (bicyclic) bond motifs is 3. The van der Waals surface area contributed by atoms with Crippen molar-refractivity contribution in [2.24, 2.45) is 5.92 Å². The second-order valence-electron chi connectivity index (χ2n) is 15.0. The van der Waals surface area contributed by atoms with E-state index in [1.165, 1.54) is 16.2 Å². The zero-order chi connectivity index (χ0) is 36.1. The highest BCUT2D eigenvalue weighted by molar-refractivity contribution is 9.10. The summed E-state index contributed by atoms with van der Waals surface area (Å²) in [6.45, 7) is 6.81. The van der Waals surface area contributed by atoms with Gasteiger partial charge in [-0.05, 0) is 84.4 Å². The molecule has 1 saturated heterocycles. The molecule has 6 rings (SSSR count). The second-order valence-corrected chi connectivity index (χ2v) is 19.1. The molecule has 1 aromatic heterocycles. The number of alkyl carbamates (subject to hydrolysis) is 1. The van der Waals surface area contributed by atoms with Crippen molar-refractivity contribution in [2.45, 2.75) is 120 Å². The van der Waals surface area contributed by atoms with E-state index in [9.17, 15) is 27.6 Å². The number of carbonyl (C=O) groups excluding carboxylic acids is 4. The minimum Gasteiger partial charge on any atom is -0.465 e. The van der Waals surface area contributed by atoms with E-state index in [-0.39, 0.29) is 19.4 Å². The van der Waals surface area contributed by atoms with Crippen LogP contribution in [-0.4, -0.2) is 82.7 Å². The summed E-state index contributed by atoms with van der Waals surface area (Å²) in [6.07, 6.45) is 6.89. The van der Waals surface area contributed by atoms with Crippen LogP contribution in [0.2, 0.25) is 0 Å². The molecule has 50 heavy (non-hydrogen) atoms. The number of sulfonamides is 1. The topological polar surface area (TPSA) is 173 Å². The van der Waals surface area contributed by atoms with Gasteiger partial charge < -0.3 is 25.0 Å². The van der Waals surface area contributed by atoms with Crippen molar-refractivity contribution in [3.05, 3.63) is 34.8 Å². The van der Waals surface area contributed by atoms with Gasteiger partial charge in [-0.25, -0.2) is 18.2 Å². The lowest BCUT2D eigenvalue weighted by molar-refractivity contribution is -0.141. The van der Waals surface area contributed by atoms with E-state index in [1.807, 2.05) is 30.4 Å². The van der Waals surface area contributed by atoms with Gasteiger partial charge in [-0.1, -0.05) is 52.3 Å². The van der Waals surface area contributed by atoms with E-state index in [4.69, 9.17) is 9.47 Å². The molecule has 1 aromatic carbocycles. The third-order valence-electron chi connectivity index (χ3n) is 9.76. The molecule has 2 aromatic rings. The minimum absolute atomic E-state index is 0.0261. The maximum Gasteiger partial charge on any atom is 0.408 e. The molecule has 4 amide bonds. The fraction of sp³-hybridized carbons (Fsp3) is 0.618. The number of thiazole rings is 1. The molecule has 272 valence electrons. The van der Waals surface area contributed by atoms with Crippen LogP contribution in [0.3, 0.4) is 0 Å². The van der Waals surface area contributed by atoms with Gasteiger partial charge in [0.15, 0.2) is 0 Å². The van der Waals surface area contributed by atoms with Gasteiger partial charge in [-0.2, -0.15) is 0 Å². The van der Waals surface area contributed by atoms with E-state index in [0.29, 0.717) is 37.3 Å². The summed E-state index contributed by atoms with van der Waals surface area (Å²) >= 11 is 4.81. The summed E-state index contributed by atoms with van der Waals surface area (Å²) in [4.78, 5) is 61.2. The van der Waals surface area contributed by atoms with Gasteiger partial charge >= 0.3 is 6.09 Å².